The first-order chi connectivity index (χ1) is 4.18. The summed E-state index contributed by atoms with van der Waals surface area (Å²) in [4.78, 5) is 0. The molecule has 3 heteroatoms. The standard InChI is InChI=1S/C6H9NO2/c7-4-1-5(8)3-6(9)2-4/h1-2,5,8-9H,3,7H2. The van der Waals surface area contributed by atoms with Gasteiger partial charge < -0.3 is 15.9 Å². The minimum absolute atomic E-state index is 0.141. The Balaban J connectivity index is 2.74. The molecule has 0 radical (unpaired) electrons. The molecular formula is C6H9NO2. The predicted octanol–water partition coefficient (Wildman–Crippen LogP) is 0.0355. The summed E-state index contributed by atoms with van der Waals surface area (Å²) in [6, 6.07) is 0. The van der Waals surface area contributed by atoms with Gasteiger partial charge in [-0.05, 0) is 12.2 Å². The van der Waals surface area contributed by atoms with Gasteiger partial charge in [0.15, 0.2) is 0 Å². The van der Waals surface area contributed by atoms with E-state index in [4.69, 9.17) is 15.9 Å². The van der Waals surface area contributed by atoms with Gasteiger partial charge in [-0.1, -0.05) is 0 Å². The Hall–Kier alpha value is -0.960. The molecule has 0 bridgehead atoms. The van der Waals surface area contributed by atoms with E-state index in [0.717, 1.165) is 0 Å². The molecule has 0 aromatic carbocycles. The third-order valence-electron chi connectivity index (χ3n) is 1.14. The Morgan fingerprint density at radius 1 is 1.67 bits per heavy atom. The zero-order chi connectivity index (χ0) is 6.85. The summed E-state index contributed by atoms with van der Waals surface area (Å²) in [6.45, 7) is 0. The largest absolute Gasteiger partial charge is 0.512 e. The second-order valence-corrected chi connectivity index (χ2v) is 2.07. The second kappa shape index (κ2) is 2.11. The number of hydrogen-bond donors (Lipinski definition) is 3. The number of rotatable bonds is 0. The van der Waals surface area contributed by atoms with Crippen LogP contribution in [0.25, 0.3) is 0 Å². The first kappa shape index (κ1) is 6.16. The Labute approximate surface area is 53.1 Å². The van der Waals surface area contributed by atoms with Crippen LogP contribution < -0.4 is 5.73 Å². The molecule has 1 unspecified atom stereocenters. The van der Waals surface area contributed by atoms with Crippen LogP contribution in [0.3, 0.4) is 0 Å². The molecule has 0 aromatic rings. The van der Waals surface area contributed by atoms with Crippen LogP contribution in [0.1, 0.15) is 6.42 Å². The first-order valence-corrected chi connectivity index (χ1v) is 2.73. The van der Waals surface area contributed by atoms with Crippen molar-refractivity contribution in [2.45, 2.75) is 12.5 Å². The molecule has 3 nitrogen and oxygen atoms in total. The third kappa shape index (κ3) is 1.47. The van der Waals surface area contributed by atoms with Crippen molar-refractivity contribution in [1.29, 1.82) is 0 Å². The summed E-state index contributed by atoms with van der Waals surface area (Å²) < 4.78 is 0. The molecule has 0 saturated heterocycles. The van der Waals surface area contributed by atoms with Gasteiger partial charge >= 0.3 is 0 Å². The molecule has 0 spiro atoms. The number of aliphatic hydroxyl groups excluding tert-OH is 2. The average molecular weight is 127 g/mol. The number of nitrogens with two attached hydrogens (primary N) is 1. The van der Waals surface area contributed by atoms with E-state index in [1.807, 2.05) is 0 Å². The molecule has 4 N–H and O–H groups in total. The molecule has 0 aliphatic heterocycles. The maximum absolute atomic E-state index is 8.89. The van der Waals surface area contributed by atoms with Crippen molar-refractivity contribution in [2.24, 2.45) is 5.73 Å². The maximum atomic E-state index is 8.89. The van der Waals surface area contributed by atoms with E-state index in [0.29, 0.717) is 5.70 Å². The molecule has 50 valence electrons. The lowest BCUT2D eigenvalue weighted by molar-refractivity contribution is 0.198. The topological polar surface area (TPSA) is 66.5 Å². The van der Waals surface area contributed by atoms with Crippen LogP contribution in [-0.2, 0) is 0 Å². The van der Waals surface area contributed by atoms with E-state index in [2.05, 4.69) is 0 Å². The highest BCUT2D eigenvalue weighted by atomic mass is 16.3. The normalized spacial score (nSPS) is 27.0. The van der Waals surface area contributed by atoms with Crippen molar-refractivity contribution in [2.75, 3.05) is 0 Å². The van der Waals surface area contributed by atoms with E-state index in [9.17, 15) is 0 Å². The predicted molar refractivity (Wildman–Crippen MR) is 33.6 cm³/mol. The van der Waals surface area contributed by atoms with Crippen molar-refractivity contribution in [3.8, 4) is 0 Å². The van der Waals surface area contributed by atoms with Gasteiger partial charge in [0.1, 0.15) is 0 Å². The monoisotopic (exact) mass is 127 g/mol. The quantitative estimate of drug-likeness (QED) is 0.430. The van der Waals surface area contributed by atoms with Crippen LogP contribution in [0, 0.1) is 0 Å². The summed E-state index contributed by atoms with van der Waals surface area (Å²) in [5, 5.41) is 17.7. The molecule has 1 atom stereocenters. The average Bonchev–Trinajstić information content (AvgIpc) is 1.59. The van der Waals surface area contributed by atoms with Crippen LogP contribution in [-0.4, -0.2) is 16.3 Å². The lowest BCUT2D eigenvalue weighted by atomic mass is 10.1. The van der Waals surface area contributed by atoms with Crippen molar-refractivity contribution < 1.29 is 10.2 Å². The van der Waals surface area contributed by atoms with E-state index >= 15 is 0 Å². The van der Waals surface area contributed by atoms with Crippen LogP contribution in [0.15, 0.2) is 23.6 Å². The Bertz CT molecular complexity index is 172. The molecular weight excluding hydrogens is 118 g/mol. The fourth-order valence-electron chi connectivity index (χ4n) is 0.795. The van der Waals surface area contributed by atoms with Gasteiger partial charge in [0.05, 0.1) is 11.9 Å². The van der Waals surface area contributed by atoms with Crippen LogP contribution >= 0.6 is 0 Å². The highest BCUT2D eigenvalue weighted by molar-refractivity contribution is 5.23. The molecule has 9 heavy (non-hydrogen) atoms. The summed E-state index contributed by atoms with van der Waals surface area (Å²) in [7, 11) is 0. The highest BCUT2D eigenvalue weighted by Crippen LogP contribution is 2.11. The lowest BCUT2D eigenvalue weighted by Crippen LogP contribution is -2.12. The summed E-state index contributed by atoms with van der Waals surface area (Å²) in [5.74, 6) is 0.141. The SMILES string of the molecule is NC1=CC(O)CC(O)=C1. The highest BCUT2D eigenvalue weighted by Gasteiger charge is 2.08. The van der Waals surface area contributed by atoms with E-state index in [-0.39, 0.29) is 12.2 Å². The maximum Gasteiger partial charge on any atom is 0.0972 e. The minimum Gasteiger partial charge on any atom is -0.512 e. The molecule has 0 heterocycles. The van der Waals surface area contributed by atoms with Crippen LogP contribution in [0.4, 0.5) is 0 Å². The molecule has 1 aliphatic carbocycles. The van der Waals surface area contributed by atoms with E-state index < -0.39 is 6.10 Å². The number of allylic oxidation sites excluding steroid dienone is 1. The Morgan fingerprint density at radius 2 is 2.33 bits per heavy atom. The molecule has 0 amide bonds. The van der Waals surface area contributed by atoms with Gasteiger partial charge in [-0.15, -0.1) is 0 Å². The Kier molecular flexibility index (Phi) is 1.44. The van der Waals surface area contributed by atoms with Gasteiger partial charge in [-0.2, -0.15) is 0 Å². The Morgan fingerprint density at radius 3 is 2.78 bits per heavy atom. The smallest absolute Gasteiger partial charge is 0.0972 e. The lowest BCUT2D eigenvalue weighted by Gasteiger charge is -2.10. The number of hydrogen-bond acceptors (Lipinski definition) is 3. The summed E-state index contributed by atoms with van der Waals surface area (Å²) in [6.07, 6.45) is 2.60. The fourth-order valence-corrected chi connectivity index (χ4v) is 0.795. The van der Waals surface area contributed by atoms with Gasteiger partial charge in [0, 0.05) is 12.1 Å². The van der Waals surface area contributed by atoms with Gasteiger partial charge in [-0.3, -0.25) is 0 Å². The van der Waals surface area contributed by atoms with E-state index in [1.54, 1.807) is 0 Å². The second-order valence-electron chi connectivity index (χ2n) is 2.07. The third-order valence-corrected chi connectivity index (χ3v) is 1.14. The van der Waals surface area contributed by atoms with Crippen molar-refractivity contribution >= 4 is 0 Å². The van der Waals surface area contributed by atoms with Gasteiger partial charge in [0.2, 0.25) is 0 Å². The number of aliphatic hydroxyl groups is 2. The molecule has 0 saturated carbocycles. The first-order valence-electron chi connectivity index (χ1n) is 2.73. The fraction of sp³-hybridized carbons (Fsp3) is 0.333. The summed E-state index contributed by atoms with van der Waals surface area (Å²) in [5.41, 5.74) is 5.70. The van der Waals surface area contributed by atoms with Crippen LogP contribution in [0.2, 0.25) is 0 Å². The molecule has 0 aromatic heterocycles. The summed E-state index contributed by atoms with van der Waals surface area (Å²) >= 11 is 0. The van der Waals surface area contributed by atoms with Crippen LogP contribution in [0.5, 0.6) is 0 Å². The van der Waals surface area contributed by atoms with Crippen molar-refractivity contribution in [3.05, 3.63) is 23.6 Å². The molecule has 1 aliphatic rings. The zero-order valence-corrected chi connectivity index (χ0v) is 4.91. The molecule has 1 rings (SSSR count). The molecule has 0 fully saturated rings. The van der Waals surface area contributed by atoms with E-state index in [1.165, 1.54) is 12.2 Å². The van der Waals surface area contributed by atoms with Gasteiger partial charge in [-0.25, -0.2) is 0 Å². The van der Waals surface area contributed by atoms with Crippen molar-refractivity contribution in [1.82, 2.24) is 0 Å². The van der Waals surface area contributed by atoms with Gasteiger partial charge in [0.25, 0.3) is 0 Å². The van der Waals surface area contributed by atoms with Crippen molar-refractivity contribution in [3.63, 3.8) is 0 Å². The zero-order valence-electron chi connectivity index (χ0n) is 4.91. The minimum atomic E-state index is -0.616.